The summed E-state index contributed by atoms with van der Waals surface area (Å²) in [6, 6.07) is 14.9. The molecular weight excluding hydrogens is 304 g/mol. The number of benzene rings is 1. The molecule has 0 aliphatic rings. The summed E-state index contributed by atoms with van der Waals surface area (Å²) in [5, 5.41) is 7.22. The van der Waals surface area contributed by atoms with E-state index < -0.39 is 0 Å². The SMILES string of the molecule is COc1cccc(-n2nc(C(=O)NCc3ccccn3)cc2C)c1. The van der Waals surface area contributed by atoms with E-state index in [0.29, 0.717) is 12.2 Å². The lowest BCUT2D eigenvalue weighted by atomic mass is 10.3. The minimum Gasteiger partial charge on any atom is -0.497 e. The molecule has 24 heavy (non-hydrogen) atoms. The molecule has 1 amide bonds. The van der Waals surface area contributed by atoms with Crippen LogP contribution in [-0.2, 0) is 6.54 Å². The van der Waals surface area contributed by atoms with Gasteiger partial charge in [0.25, 0.3) is 5.91 Å². The fourth-order valence-corrected chi connectivity index (χ4v) is 2.35. The van der Waals surface area contributed by atoms with Crippen LogP contribution in [0.3, 0.4) is 0 Å². The maximum atomic E-state index is 12.3. The number of nitrogens with zero attached hydrogens (tertiary/aromatic N) is 3. The summed E-state index contributed by atoms with van der Waals surface area (Å²) in [6.45, 7) is 2.27. The molecule has 3 rings (SSSR count). The zero-order valence-corrected chi connectivity index (χ0v) is 13.6. The zero-order valence-electron chi connectivity index (χ0n) is 13.6. The molecule has 0 aliphatic heterocycles. The standard InChI is InChI=1S/C18H18N4O2/c1-13-10-17(18(23)20-12-14-6-3-4-9-19-14)21-22(13)15-7-5-8-16(11-15)24-2/h3-11H,12H2,1-2H3,(H,20,23). The Hall–Kier alpha value is -3.15. The van der Waals surface area contributed by atoms with Crippen LogP contribution < -0.4 is 10.1 Å². The molecule has 122 valence electrons. The average molecular weight is 322 g/mol. The van der Waals surface area contributed by atoms with Gasteiger partial charge >= 0.3 is 0 Å². The molecule has 0 fully saturated rings. The van der Waals surface area contributed by atoms with Crippen LogP contribution in [0.1, 0.15) is 21.9 Å². The highest BCUT2D eigenvalue weighted by Gasteiger charge is 2.13. The molecule has 6 nitrogen and oxygen atoms in total. The van der Waals surface area contributed by atoms with Crippen molar-refractivity contribution in [1.82, 2.24) is 20.1 Å². The number of hydrogen-bond donors (Lipinski definition) is 1. The third kappa shape index (κ3) is 3.43. The highest BCUT2D eigenvalue weighted by molar-refractivity contribution is 5.92. The summed E-state index contributed by atoms with van der Waals surface area (Å²) in [5.41, 5.74) is 2.88. The van der Waals surface area contributed by atoms with Crippen molar-refractivity contribution in [3.05, 3.63) is 71.8 Å². The van der Waals surface area contributed by atoms with Crippen molar-refractivity contribution in [2.45, 2.75) is 13.5 Å². The number of carbonyl (C=O) groups excluding carboxylic acids is 1. The van der Waals surface area contributed by atoms with Gasteiger partial charge in [-0.25, -0.2) is 4.68 Å². The largest absolute Gasteiger partial charge is 0.497 e. The Labute approximate surface area is 140 Å². The second kappa shape index (κ2) is 6.95. The number of carbonyl (C=O) groups is 1. The van der Waals surface area contributed by atoms with Crippen LogP contribution in [0.15, 0.2) is 54.7 Å². The minimum atomic E-state index is -0.231. The van der Waals surface area contributed by atoms with Gasteiger partial charge in [0.2, 0.25) is 0 Å². The summed E-state index contributed by atoms with van der Waals surface area (Å²) >= 11 is 0. The van der Waals surface area contributed by atoms with Gasteiger partial charge in [-0.3, -0.25) is 9.78 Å². The molecule has 1 aromatic carbocycles. The third-order valence-electron chi connectivity index (χ3n) is 3.57. The maximum Gasteiger partial charge on any atom is 0.272 e. The molecule has 0 aliphatic carbocycles. The van der Waals surface area contributed by atoms with Crippen molar-refractivity contribution >= 4 is 5.91 Å². The zero-order chi connectivity index (χ0) is 16.9. The fourth-order valence-electron chi connectivity index (χ4n) is 2.35. The number of aromatic nitrogens is 3. The Morgan fingerprint density at radius 1 is 1.21 bits per heavy atom. The Morgan fingerprint density at radius 2 is 2.08 bits per heavy atom. The Morgan fingerprint density at radius 3 is 2.83 bits per heavy atom. The molecule has 0 radical (unpaired) electrons. The Kier molecular flexibility index (Phi) is 4.56. The highest BCUT2D eigenvalue weighted by atomic mass is 16.5. The number of nitrogens with one attached hydrogen (secondary N) is 1. The summed E-state index contributed by atoms with van der Waals surface area (Å²) in [7, 11) is 1.62. The fraction of sp³-hybridized carbons (Fsp3) is 0.167. The average Bonchev–Trinajstić information content (AvgIpc) is 3.02. The number of aryl methyl sites for hydroxylation is 1. The van der Waals surface area contributed by atoms with Gasteiger partial charge in [-0.15, -0.1) is 0 Å². The van der Waals surface area contributed by atoms with Gasteiger partial charge < -0.3 is 10.1 Å². The van der Waals surface area contributed by atoms with Crippen LogP contribution in [0.25, 0.3) is 5.69 Å². The van der Waals surface area contributed by atoms with Gasteiger partial charge in [-0.1, -0.05) is 12.1 Å². The van der Waals surface area contributed by atoms with Gasteiger partial charge in [0.1, 0.15) is 5.75 Å². The van der Waals surface area contributed by atoms with E-state index in [9.17, 15) is 4.79 Å². The first-order valence-corrected chi connectivity index (χ1v) is 7.56. The maximum absolute atomic E-state index is 12.3. The predicted molar refractivity (Wildman–Crippen MR) is 90.3 cm³/mol. The molecule has 3 aromatic rings. The van der Waals surface area contributed by atoms with Crippen LogP contribution in [0.4, 0.5) is 0 Å². The summed E-state index contributed by atoms with van der Waals surface area (Å²) in [6.07, 6.45) is 1.70. The molecule has 0 bridgehead atoms. The monoisotopic (exact) mass is 322 g/mol. The second-order valence-corrected chi connectivity index (χ2v) is 5.29. The normalized spacial score (nSPS) is 10.4. The molecule has 1 N–H and O–H groups in total. The number of ether oxygens (including phenoxy) is 1. The minimum absolute atomic E-state index is 0.231. The van der Waals surface area contributed by atoms with E-state index in [-0.39, 0.29) is 5.91 Å². The molecule has 0 unspecified atom stereocenters. The van der Waals surface area contributed by atoms with E-state index in [0.717, 1.165) is 22.8 Å². The number of rotatable bonds is 5. The number of pyridine rings is 1. The molecule has 0 saturated carbocycles. The first-order chi connectivity index (χ1) is 11.7. The van der Waals surface area contributed by atoms with Crippen LogP contribution in [0.2, 0.25) is 0 Å². The van der Waals surface area contributed by atoms with E-state index in [4.69, 9.17) is 4.74 Å². The van der Waals surface area contributed by atoms with Gasteiger partial charge in [0.05, 0.1) is 25.0 Å². The molecule has 6 heteroatoms. The molecule has 0 atom stereocenters. The van der Waals surface area contributed by atoms with E-state index in [1.165, 1.54) is 0 Å². The van der Waals surface area contributed by atoms with Gasteiger partial charge in [0.15, 0.2) is 5.69 Å². The molecular formula is C18H18N4O2. The Bertz CT molecular complexity index is 843. The number of amides is 1. The first kappa shape index (κ1) is 15.7. The van der Waals surface area contributed by atoms with Crippen molar-refractivity contribution in [2.24, 2.45) is 0 Å². The second-order valence-electron chi connectivity index (χ2n) is 5.29. The third-order valence-corrected chi connectivity index (χ3v) is 3.57. The quantitative estimate of drug-likeness (QED) is 0.783. The van der Waals surface area contributed by atoms with Crippen molar-refractivity contribution in [1.29, 1.82) is 0 Å². The molecule has 2 aromatic heterocycles. The lowest BCUT2D eigenvalue weighted by Crippen LogP contribution is -2.23. The van der Waals surface area contributed by atoms with Crippen LogP contribution in [0, 0.1) is 6.92 Å². The van der Waals surface area contributed by atoms with Gasteiger partial charge in [-0.05, 0) is 37.3 Å². The summed E-state index contributed by atoms with van der Waals surface area (Å²) < 4.78 is 6.95. The topological polar surface area (TPSA) is 69.0 Å². The van der Waals surface area contributed by atoms with E-state index in [1.807, 2.05) is 49.4 Å². The van der Waals surface area contributed by atoms with Gasteiger partial charge in [-0.2, -0.15) is 5.10 Å². The lowest BCUT2D eigenvalue weighted by molar-refractivity contribution is 0.0945. The smallest absolute Gasteiger partial charge is 0.272 e. The van der Waals surface area contributed by atoms with E-state index in [2.05, 4.69) is 15.4 Å². The van der Waals surface area contributed by atoms with Gasteiger partial charge in [0, 0.05) is 18.0 Å². The Balaban J connectivity index is 1.76. The van der Waals surface area contributed by atoms with Crippen LogP contribution >= 0.6 is 0 Å². The first-order valence-electron chi connectivity index (χ1n) is 7.56. The van der Waals surface area contributed by atoms with E-state index >= 15 is 0 Å². The van der Waals surface area contributed by atoms with Crippen molar-refractivity contribution in [3.8, 4) is 11.4 Å². The number of methoxy groups -OCH3 is 1. The lowest BCUT2D eigenvalue weighted by Gasteiger charge is -2.06. The predicted octanol–water partition coefficient (Wildman–Crippen LogP) is 2.51. The summed E-state index contributed by atoms with van der Waals surface area (Å²) in [4.78, 5) is 16.5. The van der Waals surface area contributed by atoms with Crippen LogP contribution in [0.5, 0.6) is 5.75 Å². The van der Waals surface area contributed by atoms with Crippen molar-refractivity contribution in [2.75, 3.05) is 7.11 Å². The van der Waals surface area contributed by atoms with E-state index in [1.54, 1.807) is 24.1 Å². The van der Waals surface area contributed by atoms with Crippen molar-refractivity contribution < 1.29 is 9.53 Å². The molecule has 0 spiro atoms. The molecule has 0 saturated heterocycles. The highest BCUT2D eigenvalue weighted by Crippen LogP contribution is 2.18. The van der Waals surface area contributed by atoms with Crippen LogP contribution in [-0.4, -0.2) is 27.8 Å². The number of hydrogen-bond acceptors (Lipinski definition) is 4. The molecule has 2 heterocycles. The van der Waals surface area contributed by atoms with Crippen molar-refractivity contribution in [3.63, 3.8) is 0 Å². The summed E-state index contributed by atoms with van der Waals surface area (Å²) in [5.74, 6) is 0.508.